The summed E-state index contributed by atoms with van der Waals surface area (Å²) in [5.74, 6) is 0.738. The molecule has 0 atom stereocenters. The Balaban J connectivity index is 2.06. The van der Waals surface area contributed by atoms with Gasteiger partial charge in [0.2, 0.25) is 0 Å². The largest absolute Gasteiger partial charge is 0.473 e. The average molecular weight is 265 g/mol. The summed E-state index contributed by atoms with van der Waals surface area (Å²) in [6, 6.07) is 0. The highest BCUT2D eigenvalue weighted by Gasteiger charge is 2.19. The van der Waals surface area contributed by atoms with Gasteiger partial charge in [0.25, 0.3) is 5.88 Å². The molecular formula is C14H23N3O2. The third-order valence-electron chi connectivity index (χ3n) is 3.45. The molecule has 5 heteroatoms. The van der Waals surface area contributed by atoms with E-state index in [2.05, 4.69) is 10.3 Å². The van der Waals surface area contributed by atoms with Gasteiger partial charge in [-0.2, -0.15) is 0 Å². The second kappa shape index (κ2) is 5.74. The minimum Gasteiger partial charge on any atom is -0.473 e. The molecule has 19 heavy (non-hydrogen) atoms. The van der Waals surface area contributed by atoms with E-state index in [0.717, 1.165) is 25.9 Å². The Kier molecular flexibility index (Phi) is 4.24. The minimum absolute atomic E-state index is 0.149. The molecule has 1 aliphatic rings. The van der Waals surface area contributed by atoms with E-state index in [1.807, 2.05) is 20.8 Å². The second-order valence-electron chi connectivity index (χ2n) is 6.08. The molecule has 106 valence electrons. The molecule has 0 saturated carbocycles. The number of nitrogens with one attached hydrogen (secondary N) is 1. The van der Waals surface area contributed by atoms with Crippen molar-refractivity contribution in [1.29, 1.82) is 0 Å². The quantitative estimate of drug-likeness (QED) is 0.897. The van der Waals surface area contributed by atoms with Crippen LogP contribution in [0.2, 0.25) is 0 Å². The van der Waals surface area contributed by atoms with E-state index in [0.29, 0.717) is 12.5 Å². The van der Waals surface area contributed by atoms with E-state index < -0.39 is 0 Å². The number of hydrogen-bond donors (Lipinski definition) is 1. The van der Waals surface area contributed by atoms with Crippen molar-refractivity contribution >= 4 is 0 Å². The van der Waals surface area contributed by atoms with Crippen molar-refractivity contribution in [3.8, 4) is 5.88 Å². The summed E-state index contributed by atoms with van der Waals surface area (Å²) in [6.45, 7) is 8.62. The summed E-state index contributed by atoms with van der Waals surface area (Å²) < 4.78 is 7.30. The molecule has 5 nitrogen and oxygen atoms in total. The SMILES string of the molecule is CC(C)(C)n1ccnc(OCC2CCNCC2)c1=O. The highest BCUT2D eigenvalue weighted by atomic mass is 16.5. The highest BCUT2D eigenvalue weighted by Crippen LogP contribution is 2.14. The molecule has 1 saturated heterocycles. The summed E-state index contributed by atoms with van der Waals surface area (Å²) in [7, 11) is 0. The Morgan fingerprint density at radius 2 is 2.11 bits per heavy atom. The fourth-order valence-corrected chi connectivity index (χ4v) is 2.27. The van der Waals surface area contributed by atoms with Gasteiger partial charge in [0.05, 0.1) is 6.61 Å². The van der Waals surface area contributed by atoms with E-state index in [9.17, 15) is 4.79 Å². The van der Waals surface area contributed by atoms with Gasteiger partial charge in [-0.3, -0.25) is 4.79 Å². The van der Waals surface area contributed by atoms with Crippen LogP contribution < -0.4 is 15.6 Å². The third kappa shape index (κ3) is 3.56. The Bertz CT molecular complexity index is 470. The fourth-order valence-electron chi connectivity index (χ4n) is 2.27. The smallest absolute Gasteiger partial charge is 0.313 e. The van der Waals surface area contributed by atoms with Crippen LogP contribution in [0.1, 0.15) is 33.6 Å². The fraction of sp³-hybridized carbons (Fsp3) is 0.714. The van der Waals surface area contributed by atoms with Crippen LogP contribution in [0.3, 0.4) is 0 Å². The van der Waals surface area contributed by atoms with Crippen molar-refractivity contribution in [2.75, 3.05) is 19.7 Å². The molecule has 1 aliphatic heterocycles. The monoisotopic (exact) mass is 265 g/mol. The molecule has 0 amide bonds. The first-order valence-corrected chi connectivity index (χ1v) is 6.90. The molecular weight excluding hydrogens is 242 g/mol. The molecule has 1 N–H and O–H groups in total. The van der Waals surface area contributed by atoms with Gasteiger partial charge >= 0.3 is 5.56 Å². The molecule has 2 heterocycles. The molecule has 0 spiro atoms. The maximum absolute atomic E-state index is 12.3. The zero-order chi connectivity index (χ0) is 13.9. The topological polar surface area (TPSA) is 56.1 Å². The van der Waals surface area contributed by atoms with Gasteiger partial charge in [-0.15, -0.1) is 0 Å². The lowest BCUT2D eigenvalue weighted by Crippen LogP contribution is -2.35. The standard InChI is InChI=1S/C14H23N3O2/c1-14(2,3)17-9-8-16-12(13(17)18)19-10-11-4-6-15-7-5-11/h8-9,11,15H,4-7,10H2,1-3H3. The summed E-state index contributed by atoms with van der Waals surface area (Å²) in [5, 5.41) is 3.32. The summed E-state index contributed by atoms with van der Waals surface area (Å²) in [5.41, 5.74) is -0.406. The van der Waals surface area contributed by atoms with Crippen LogP contribution in [0, 0.1) is 5.92 Å². The van der Waals surface area contributed by atoms with E-state index >= 15 is 0 Å². The number of aromatic nitrogens is 2. The Labute approximate surface area is 114 Å². The van der Waals surface area contributed by atoms with E-state index in [1.165, 1.54) is 0 Å². The molecule has 1 aromatic rings. The van der Waals surface area contributed by atoms with Crippen LogP contribution in [0.5, 0.6) is 5.88 Å². The first-order valence-electron chi connectivity index (χ1n) is 6.90. The lowest BCUT2D eigenvalue weighted by atomic mass is 9.99. The van der Waals surface area contributed by atoms with Crippen molar-refractivity contribution in [3.05, 3.63) is 22.7 Å². The third-order valence-corrected chi connectivity index (χ3v) is 3.45. The van der Waals surface area contributed by atoms with Gasteiger partial charge in [-0.05, 0) is 52.6 Å². The van der Waals surface area contributed by atoms with Gasteiger partial charge in [0.1, 0.15) is 0 Å². The van der Waals surface area contributed by atoms with Gasteiger partial charge in [-0.25, -0.2) is 4.98 Å². The van der Waals surface area contributed by atoms with Gasteiger partial charge < -0.3 is 14.6 Å². The molecule has 0 radical (unpaired) electrons. The molecule has 1 fully saturated rings. The summed E-state index contributed by atoms with van der Waals surface area (Å²) >= 11 is 0. The van der Waals surface area contributed by atoms with Gasteiger partial charge in [0, 0.05) is 17.9 Å². The van der Waals surface area contributed by atoms with Crippen molar-refractivity contribution < 1.29 is 4.74 Å². The molecule has 0 bridgehead atoms. The maximum Gasteiger partial charge on any atom is 0.313 e. The van der Waals surface area contributed by atoms with Crippen LogP contribution in [-0.4, -0.2) is 29.2 Å². The summed E-state index contributed by atoms with van der Waals surface area (Å²) in [4.78, 5) is 16.3. The maximum atomic E-state index is 12.3. The predicted octanol–water partition coefficient (Wildman–Crippen LogP) is 1.38. The zero-order valence-corrected chi connectivity index (χ0v) is 12.0. The number of nitrogens with zero attached hydrogens (tertiary/aromatic N) is 2. The number of piperidine rings is 1. The van der Waals surface area contributed by atoms with Crippen molar-refractivity contribution in [1.82, 2.24) is 14.9 Å². The molecule has 0 aromatic carbocycles. The van der Waals surface area contributed by atoms with Crippen molar-refractivity contribution in [3.63, 3.8) is 0 Å². The average Bonchev–Trinajstić information content (AvgIpc) is 2.37. The number of ether oxygens (including phenoxy) is 1. The molecule has 0 aliphatic carbocycles. The van der Waals surface area contributed by atoms with Gasteiger partial charge in [-0.1, -0.05) is 0 Å². The Hall–Kier alpha value is -1.36. The summed E-state index contributed by atoms with van der Waals surface area (Å²) in [6.07, 6.45) is 5.53. The van der Waals surface area contributed by atoms with Crippen LogP contribution in [-0.2, 0) is 5.54 Å². The number of rotatable bonds is 3. The molecule has 2 rings (SSSR count). The lowest BCUT2D eigenvalue weighted by molar-refractivity contribution is 0.203. The first-order chi connectivity index (χ1) is 8.98. The van der Waals surface area contributed by atoms with Crippen LogP contribution in [0.4, 0.5) is 0 Å². The normalized spacial score (nSPS) is 17.4. The zero-order valence-electron chi connectivity index (χ0n) is 12.0. The Morgan fingerprint density at radius 1 is 1.42 bits per heavy atom. The van der Waals surface area contributed by atoms with Crippen molar-refractivity contribution in [2.45, 2.75) is 39.2 Å². The first kappa shape index (κ1) is 14.1. The predicted molar refractivity (Wildman–Crippen MR) is 74.6 cm³/mol. The van der Waals surface area contributed by atoms with E-state index in [-0.39, 0.29) is 17.0 Å². The Morgan fingerprint density at radius 3 is 2.74 bits per heavy atom. The minimum atomic E-state index is -0.257. The highest BCUT2D eigenvalue weighted by molar-refractivity contribution is 5.06. The van der Waals surface area contributed by atoms with Crippen molar-refractivity contribution in [2.24, 2.45) is 5.92 Å². The van der Waals surface area contributed by atoms with Crippen LogP contribution in [0.15, 0.2) is 17.2 Å². The van der Waals surface area contributed by atoms with E-state index in [4.69, 9.17) is 4.74 Å². The lowest BCUT2D eigenvalue weighted by Gasteiger charge is -2.24. The number of hydrogen-bond acceptors (Lipinski definition) is 4. The second-order valence-corrected chi connectivity index (χ2v) is 6.08. The van der Waals surface area contributed by atoms with Crippen LogP contribution in [0.25, 0.3) is 0 Å². The molecule has 1 aromatic heterocycles. The molecule has 0 unspecified atom stereocenters. The van der Waals surface area contributed by atoms with E-state index in [1.54, 1.807) is 17.0 Å². The van der Waals surface area contributed by atoms with Gasteiger partial charge in [0.15, 0.2) is 0 Å². The van der Waals surface area contributed by atoms with Crippen LogP contribution >= 0.6 is 0 Å².